The largest absolute Gasteiger partial charge is 0.353 e. The Kier molecular flexibility index (Phi) is 2.74. The van der Waals surface area contributed by atoms with Crippen molar-refractivity contribution in [2.45, 2.75) is 6.92 Å². The van der Waals surface area contributed by atoms with Crippen molar-refractivity contribution >= 4 is 32.6 Å². The zero-order valence-corrected chi connectivity index (χ0v) is 13.4. The van der Waals surface area contributed by atoms with E-state index in [1.165, 1.54) is 38.2 Å². The van der Waals surface area contributed by atoms with Crippen LogP contribution in [0, 0.1) is 6.92 Å². The van der Waals surface area contributed by atoms with Gasteiger partial charge in [0.05, 0.1) is 11.2 Å². The average molecular weight is 308 g/mol. The molecule has 2 nitrogen and oxygen atoms in total. The maximum atomic E-state index is 4.72. The third-order valence-corrected chi connectivity index (χ3v) is 4.81. The number of para-hydroxylation sites is 1. The first-order chi connectivity index (χ1) is 11.8. The lowest BCUT2D eigenvalue weighted by Crippen LogP contribution is -1.87. The van der Waals surface area contributed by atoms with Crippen molar-refractivity contribution in [1.82, 2.24) is 9.97 Å². The van der Waals surface area contributed by atoms with Crippen LogP contribution in [0.3, 0.4) is 0 Å². The fourth-order valence-electron chi connectivity index (χ4n) is 3.63. The van der Waals surface area contributed by atoms with Crippen LogP contribution in [0.1, 0.15) is 5.56 Å². The molecule has 2 heteroatoms. The van der Waals surface area contributed by atoms with Gasteiger partial charge in [-0.15, -0.1) is 0 Å². The highest BCUT2D eigenvalue weighted by Gasteiger charge is 2.13. The summed E-state index contributed by atoms with van der Waals surface area (Å²) in [6.45, 7) is 2.14. The Hall–Kier alpha value is -3.13. The summed E-state index contributed by atoms with van der Waals surface area (Å²) in [6.07, 6.45) is 1.91. The van der Waals surface area contributed by atoms with Crippen molar-refractivity contribution < 1.29 is 0 Å². The van der Waals surface area contributed by atoms with Crippen LogP contribution in [0.2, 0.25) is 0 Å². The maximum absolute atomic E-state index is 4.72. The molecule has 0 aliphatic heterocycles. The summed E-state index contributed by atoms with van der Waals surface area (Å²) in [5.74, 6) is 0. The van der Waals surface area contributed by atoms with Gasteiger partial charge in [0.25, 0.3) is 0 Å². The van der Waals surface area contributed by atoms with Gasteiger partial charge in [0.1, 0.15) is 0 Å². The molecule has 2 heterocycles. The van der Waals surface area contributed by atoms with Crippen LogP contribution in [-0.4, -0.2) is 9.97 Å². The zero-order chi connectivity index (χ0) is 16.1. The molecule has 0 fully saturated rings. The minimum absolute atomic E-state index is 1.01. The van der Waals surface area contributed by atoms with Crippen LogP contribution >= 0.6 is 0 Å². The number of rotatable bonds is 1. The topological polar surface area (TPSA) is 28.7 Å². The molecule has 0 unspecified atom stereocenters. The number of H-pyrrole nitrogens is 1. The van der Waals surface area contributed by atoms with E-state index in [1.54, 1.807) is 0 Å². The molecule has 0 aliphatic carbocycles. The van der Waals surface area contributed by atoms with Crippen LogP contribution in [0.5, 0.6) is 0 Å². The standard InChI is InChI=1S/C22H16N2/c1-14-6-4-10-18-19-12-13-23-21(22(19)24-20(14)18)17-11-5-8-15-7-2-3-9-16(15)17/h2-13,24H,1H3. The van der Waals surface area contributed by atoms with E-state index in [4.69, 9.17) is 4.98 Å². The van der Waals surface area contributed by atoms with E-state index in [9.17, 15) is 0 Å². The third-order valence-electron chi connectivity index (χ3n) is 4.81. The molecule has 0 bridgehead atoms. The maximum Gasteiger partial charge on any atom is 0.0949 e. The number of aromatic amines is 1. The van der Waals surface area contributed by atoms with Gasteiger partial charge < -0.3 is 4.98 Å². The molecule has 0 atom stereocenters. The van der Waals surface area contributed by atoms with Gasteiger partial charge >= 0.3 is 0 Å². The highest BCUT2D eigenvalue weighted by atomic mass is 14.8. The lowest BCUT2D eigenvalue weighted by atomic mass is 10.0. The van der Waals surface area contributed by atoms with Crippen LogP contribution in [0.25, 0.3) is 43.8 Å². The molecule has 0 spiro atoms. The third kappa shape index (κ3) is 1.80. The number of pyridine rings is 1. The van der Waals surface area contributed by atoms with E-state index in [0.717, 1.165) is 11.2 Å². The van der Waals surface area contributed by atoms with E-state index in [2.05, 4.69) is 78.6 Å². The predicted molar refractivity (Wildman–Crippen MR) is 101 cm³/mol. The molecule has 0 saturated carbocycles. The summed E-state index contributed by atoms with van der Waals surface area (Å²) in [6, 6.07) is 23.4. The Morgan fingerprint density at radius 2 is 1.46 bits per heavy atom. The number of nitrogens with zero attached hydrogens (tertiary/aromatic N) is 1. The smallest absolute Gasteiger partial charge is 0.0949 e. The quantitative estimate of drug-likeness (QED) is 0.414. The van der Waals surface area contributed by atoms with Gasteiger partial charge in [-0.25, -0.2) is 0 Å². The van der Waals surface area contributed by atoms with Crippen LogP contribution in [-0.2, 0) is 0 Å². The van der Waals surface area contributed by atoms with Crippen LogP contribution in [0.15, 0.2) is 72.9 Å². The van der Waals surface area contributed by atoms with E-state index >= 15 is 0 Å². The van der Waals surface area contributed by atoms with Gasteiger partial charge in [-0.3, -0.25) is 4.98 Å². The molecular formula is C22H16N2. The summed E-state index contributed by atoms with van der Waals surface area (Å²) >= 11 is 0. The Balaban J connectivity index is 1.93. The second-order valence-electron chi connectivity index (χ2n) is 6.23. The number of aromatic nitrogens is 2. The van der Waals surface area contributed by atoms with Gasteiger partial charge in [0, 0.05) is 28.0 Å². The number of benzene rings is 3. The molecule has 0 amide bonds. The Morgan fingerprint density at radius 1 is 0.708 bits per heavy atom. The fraction of sp³-hybridized carbons (Fsp3) is 0.0455. The molecular weight excluding hydrogens is 292 g/mol. The molecule has 24 heavy (non-hydrogen) atoms. The average Bonchev–Trinajstić information content (AvgIpc) is 3.02. The lowest BCUT2D eigenvalue weighted by Gasteiger charge is -2.07. The zero-order valence-electron chi connectivity index (χ0n) is 13.4. The minimum atomic E-state index is 1.01. The first kappa shape index (κ1) is 13.3. The lowest BCUT2D eigenvalue weighted by molar-refractivity contribution is 1.34. The molecule has 0 aliphatic rings. The van der Waals surface area contributed by atoms with E-state index < -0.39 is 0 Å². The van der Waals surface area contributed by atoms with Gasteiger partial charge in [-0.05, 0) is 29.3 Å². The SMILES string of the molecule is Cc1cccc2c1[nH]c1c(-c3cccc4ccccc34)nccc12. The molecule has 1 N–H and O–H groups in total. The number of fused-ring (bicyclic) bond motifs is 4. The number of aryl methyl sites for hydroxylation is 1. The van der Waals surface area contributed by atoms with Crippen molar-refractivity contribution in [3.63, 3.8) is 0 Å². The monoisotopic (exact) mass is 308 g/mol. The highest BCUT2D eigenvalue weighted by molar-refractivity contribution is 6.13. The van der Waals surface area contributed by atoms with Crippen LogP contribution < -0.4 is 0 Å². The first-order valence-corrected chi connectivity index (χ1v) is 8.17. The Morgan fingerprint density at radius 3 is 2.42 bits per heavy atom. The summed E-state index contributed by atoms with van der Waals surface area (Å²) in [7, 11) is 0. The van der Waals surface area contributed by atoms with Crippen LogP contribution in [0.4, 0.5) is 0 Å². The van der Waals surface area contributed by atoms with Crippen molar-refractivity contribution in [2.75, 3.05) is 0 Å². The first-order valence-electron chi connectivity index (χ1n) is 8.17. The fourth-order valence-corrected chi connectivity index (χ4v) is 3.63. The molecule has 0 radical (unpaired) electrons. The number of hydrogen-bond donors (Lipinski definition) is 1. The molecule has 5 aromatic rings. The summed E-state index contributed by atoms with van der Waals surface area (Å²) in [5.41, 5.74) is 5.75. The van der Waals surface area contributed by atoms with E-state index in [-0.39, 0.29) is 0 Å². The van der Waals surface area contributed by atoms with Gasteiger partial charge in [0.15, 0.2) is 0 Å². The van der Waals surface area contributed by atoms with Gasteiger partial charge in [-0.2, -0.15) is 0 Å². The molecule has 2 aromatic heterocycles. The molecule has 114 valence electrons. The summed E-state index contributed by atoms with van der Waals surface area (Å²) < 4.78 is 0. The number of nitrogens with one attached hydrogen (secondary N) is 1. The second-order valence-corrected chi connectivity index (χ2v) is 6.23. The van der Waals surface area contributed by atoms with Crippen molar-refractivity contribution in [1.29, 1.82) is 0 Å². The Labute approximate surface area is 139 Å². The second kappa shape index (κ2) is 4.93. The number of hydrogen-bond acceptors (Lipinski definition) is 1. The summed E-state index contributed by atoms with van der Waals surface area (Å²) in [4.78, 5) is 8.34. The molecule has 0 saturated heterocycles. The van der Waals surface area contributed by atoms with Gasteiger partial charge in [-0.1, -0.05) is 60.7 Å². The molecule has 3 aromatic carbocycles. The minimum Gasteiger partial charge on any atom is -0.353 e. The predicted octanol–water partition coefficient (Wildman–Crippen LogP) is 5.84. The van der Waals surface area contributed by atoms with E-state index in [0.29, 0.717) is 0 Å². The van der Waals surface area contributed by atoms with Crippen molar-refractivity contribution in [3.8, 4) is 11.3 Å². The summed E-state index contributed by atoms with van der Waals surface area (Å²) in [5, 5.41) is 4.96. The normalized spacial score (nSPS) is 11.5. The highest BCUT2D eigenvalue weighted by Crippen LogP contribution is 2.35. The van der Waals surface area contributed by atoms with Crippen molar-refractivity contribution in [2.24, 2.45) is 0 Å². The van der Waals surface area contributed by atoms with Gasteiger partial charge in [0.2, 0.25) is 0 Å². The Bertz CT molecular complexity index is 1210. The van der Waals surface area contributed by atoms with E-state index in [1.807, 2.05) is 6.20 Å². The molecule has 5 rings (SSSR count). The van der Waals surface area contributed by atoms with Crippen molar-refractivity contribution in [3.05, 3.63) is 78.5 Å².